The molecule has 1 atom stereocenters. The number of hydrogen-bond acceptors (Lipinski definition) is 2. The Morgan fingerprint density at radius 1 is 1.55 bits per heavy atom. The summed E-state index contributed by atoms with van der Waals surface area (Å²) in [6.45, 7) is 5.91. The van der Waals surface area contributed by atoms with Crippen LogP contribution in [0.5, 0.6) is 0 Å². The molecular formula is C8H16O2Se. The molecule has 0 saturated heterocycles. The van der Waals surface area contributed by atoms with Crippen molar-refractivity contribution in [2.45, 2.75) is 45.8 Å². The van der Waals surface area contributed by atoms with Crippen molar-refractivity contribution in [3.63, 3.8) is 0 Å². The zero-order valence-corrected chi connectivity index (χ0v) is 9.05. The van der Waals surface area contributed by atoms with E-state index in [2.05, 4.69) is 15.6 Å². The number of rotatable bonds is 5. The number of hydrogen-bond donors (Lipinski definition) is 1. The van der Waals surface area contributed by atoms with E-state index in [4.69, 9.17) is 4.74 Å². The van der Waals surface area contributed by atoms with Gasteiger partial charge in [0.2, 0.25) is 0 Å². The molecule has 0 spiro atoms. The van der Waals surface area contributed by atoms with Gasteiger partial charge in [0.1, 0.15) is 0 Å². The van der Waals surface area contributed by atoms with Crippen molar-refractivity contribution in [3.8, 4) is 0 Å². The van der Waals surface area contributed by atoms with Crippen LogP contribution in [0.25, 0.3) is 0 Å². The minimum absolute atomic E-state index is 0.137. The van der Waals surface area contributed by atoms with Gasteiger partial charge in [-0.15, -0.1) is 0 Å². The van der Waals surface area contributed by atoms with E-state index in [0.29, 0.717) is 4.60 Å². The summed E-state index contributed by atoms with van der Waals surface area (Å²) in [5.41, 5.74) is 0. The summed E-state index contributed by atoms with van der Waals surface area (Å²) in [5.74, 6) is 0. The first kappa shape index (κ1) is 11.1. The maximum atomic E-state index is 9.37. The maximum absolute atomic E-state index is 9.37. The molecule has 0 aliphatic rings. The van der Waals surface area contributed by atoms with Gasteiger partial charge in [0.25, 0.3) is 0 Å². The van der Waals surface area contributed by atoms with Gasteiger partial charge < -0.3 is 0 Å². The summed E-state index contributed by atoms with van der Waals surface area (Å²) in [6, 6.07) is 0. The van der Waals surface area contributed by atoms with Gasteiger partial charge in [0, 0.05) is 0 Å². The predicted molar refractivity (Wildman–Crippen MR) is 47.9 cm³/mol. The van der Waals surface area contributed by atoms with Crippen LogP contribution in [0, 0.1) is 0 Å². The van der Waals surface area contributed by atoms with Crippen molar-refractivity contribution in [1.29, 1.82) is 0 Å². The third-order valence-electron chi connectivity index (χ3n) is 1.19. The average Bonchev–Trinajstić information content (AvgIpc) is 1.86. The molecule has 0 radical (unpaired) electrons. The monoisotopic (exact) mass is 224 g/mol. The topological polar surface area (TPSA) is 29.5 Å². The quantitative estimate of drug-likeness (QED) is 0.701. The fourth-order valence-electron chi connectivity index (χ4n) is 0.702. The van der Waals surface area contributed by atoms with Gasteiger partial charge in [-0.2, -0.15) is 0 Å². The molecule has 0 aromatic heterocycles. The molecule has 0 aromatic carbocycles. The van der Waals surface area contributed by atoms with Crippen molar-refractivity contribution in [1.82, 2.24) is 0 Å². The van der Waals surface area contributed by atoms with E-state index < -0.39 is 6.10 Å². The first-order valence-corrected chi connectivity index (χ1v) is 4.82. The Bertz CT molecular complexity index is 123. The van der Waals surface area contributed by atoms with Crippen LogP contribution < -0.4 is 0 Å². The van der Waals surface area contributed by atoms with Crippen LogP contribution in [0.15, 0.2) is 0 Å². The van der Waals surface area contributed by atoms with E-state index in [0.717, 1.165) is 12.8 Å². The summed E-state index contributed by atoms with van der Waals surface area (Å²) >= 11 is 2.74. The fourth-order valence-corrected chi connectivity index (χ4v) is 1.35. The van der Waals surface area contributed by atoms with Crippen molar-refractivity contribution < 1.29 is 9.84 Å². The van der Waals surface area contributed by atoms with Crippen molar-refractivity contribution >= 4 is 20.2 Å². The van der Waals surface area contributed by atoms with E-state index in [1.807, 2.05) is 20.8 Å². The van der Waals surface area contributed by atoms with Gasteiger partial charge in [-0.05, 0) is 0 Å². The van der Waals surface area contributed by atoms with E-state index in [1.165, 1.54) is 0 Å². The molecule has 0 rings (SSSR count). The van der Waals surface area contributed by atoms with Gasteiger partial charge in [0.05, 0.1) is 0 Å². The Morgan fingerprint density at radius 3 is 2.45 bits per heavy atom. The first-order valence-electron chi connectivity index (χ1n) is 3.96. The van der Waals surface area contributed by atoms with E-state index in [9.17, 15) is 5.11 Å². The first-order chi connectivity index (χ1) is 5.07. The summed E-state index contributed by atoms with van der Waals surface area (Å²) in [7, 11) is 0. The van der Waals surface area contributed by atoms with Crippen LogP contribution in [-0.4, -0.2) is 37.5 Å². The Morgan fingerprint density at radius 2 is 2.09 bits per heavy atom. The molecule has 0 aliphatic heterocycles. The second-order valence-corrected chi connectivity index (χ2v) is 3.63. The minimum atomic E-state index is -0.442. The molecule has 1 unspecified atom stereocenters. The number of ether oxygens (including phenoxy) is 1. The molecule has 0 aromatic rings. The fraction of sp³-hybridized carbons (Fsp3) is 0.875. The third-order valence-corrected chi connectivity index (χ3v) is 1.96. The Kier molecular flexibility index (Phi) is 5.83. The summed E-state index contributed by atoms with van der Waals surface area (Å²) in [6.07, 6.45) is 1.42. The van der Waals surface area contributed by atoms with E-state index in [-0.39, 0.29) is 6.10 Å². The normalized spacial score (nSPS) is 13.2. The third kappa shape index (κ3) is 5.42. The summed E-state index contributed by atoms with van der Waals surface area (Å²) in [5, 5.41) is 9.37. The van der Waals surface area contributed by atoms with Gasteiger partial charge in [0.15, 0.2) is 0 Å². The van der Waals surface area contributed by atoms with Crippen molar-refractivity contribution in [2.24, 2.45) is 0 Å². The zero-order chi connectivity index (χ0) is 8.85. The van der Waals surface area contributed by atoms with Crippen molar-refractivity contribution in [3.05, 3.63) is 0 Å². The Balaban J connectivity index is 3.64. The molecule has 66 valence electrons. The number of aliphatic hydroxyl groups is 1. The molecule has 3 heteroatoms. The van der Waals surface area contributed by atoms with Gasteiger partial charge in [-0.1, -0.05) is 0 Å². The Labute approximate surface area is 76.3 Å². The van der Waals surface area contributed by atoms with E-state index >= 15 is 0 Å². The standard InChI is InChI=1S/C8H16O2Se/c1-4-5-7(9)8(11)10-6(2)3/h6-7,9H,4-5H2,1-3H3. The van der Waals surface area contributed by atoms with Gasteiger partial charge in [-0.3, -0.25) is 0 Å². The second kappa shape index (κ2) is 5.76. The molecule has 1 N–H and O–H groups in total. The molecule has 0 saturated carbocycles. The molecule has 0 aliphatic carbocycles. The van der Waals surface area contributed by atoms with Gasteiger partial charge in [-0.25, -0.2) is 0 Å². The molecular weight excluding hydrogens is 207 g/mol. The van der Waals surface area contributed by atoms with Crippen LogP contribution >= 0.6 is 0 Å². The van der Waals surface area contributed by atoms with Crippen LogP contribution in [0.2, 0.25) is 0 Å². The predicted octanol–water partition coefficient (Wildman–Crippen LogP) is 0.871. The Hall–Kier alpha value is 0.149. The molecule has 0 heterocycles. The average molecular weight is 223 g/mol. The second-order valence-electron chi connectivity index (χ2n) is 2.79. The summed E-state index contributed by atoms with van der Waals surface area (Å²) in [4.78, 5) is 0. The van der Waals surface area contributed by atoms with Crippen LogP contribution in [0.4, 0.5) is 0 Å². The molecule has 2 nitrogen and oxygen atoms in total. The molecule has 0 fully saturated rings. The van der Waals surface area contributed by atoms with Crippen LogP contribution in [0.3, 0.4) is 0 Å². The SMILES string of the molecule is CCCC(O)C(=[Se])OC(C)C. The zero-order valence-electron chi connectivity index (χ0n) is 7.33. The molecule has 11 heavy (non-hydrogen) atoms. The summed E-state index contributed by atoms with van der Waals surface area (Å²) < 4.78 is 5.89. The van der Waals surface area contributed by atoms with E-state index in [1.54, 1.807) is 0 Å². The van der Waals surface area contributed by atoms with Gasteiger partial charge >= 0.3 is 75.8 Å². The molecule has 0 amide bonds. The molecule has 0 bridgehead atoms. The number of aliphatic hydroxyl groups excluding tert-OH is 1. The van der Waals surface area contributed by atoms with Crippen LogP contribution in [-0.2, 0) is 4.74 Å². The van der Waals surface area contributed by atoms with Crippen molar-refractivity contribution in [2.75, 3.05) is 0 Å². The van der Waals surface area contributed by atoms with Crippen LogP contribution in [0.1, 0.15) is 33.6 Å².